The van der Waals surface area contributed by atoms with E-state index >= 15 is 0 Å². The fourth-order valence-corrected chi connectivity index (χ4v) is 6.52. The fraction of sp³-hybridized carbons (Fsp3) is 0.607. The number of hydrogen-bond donors (Lipinski definition) is 2. The Labute approximate surface area is 220 Å². The molecule has 206 valence electrons. The number of likely N-dealkylation sites (tertiary alicyclic amines) is 1. The van der Waals surface area contributed by atoms with Crippen molar-refractivity contribution in [3.05, 3.63) is 58.4 Å². The number of hydrogen-bond acceptors (Lipinski definition) is 5. The van der Waals surface area contributed by atoms with Crippen LogP contribution in [0.15, 0.2) is 30.5 Å². The molecule has 1 aromatic carbocycles. The number of benzene rings is 1. The summed E-state index contributed by atoms with van der Waals surface area (Å²) in [5.41, 5.74) is 3.37. The zero-order valence-electron chi connectivity index (χ0n) is 21.4. The molecule has 0 saturated carbocycles. The van der Waals surface area contributed by atoms with Crippen molar-refractivity contribution in [1.82, 2.24) is 20.1 Å². The first-order valence-corrected chi connectivity index (χ1v) is 13.7. The van der Waals surface area contributed by atoms with E-state index in [2.05, 4.69) is 21.3 Å². The highest BCUT2D eigenvalue weighted by Crippen LogP contribution is 2.36. The number of rotatable bonds is 6. The van der Waals surface area contributed by atoms with Gasteiger partial charge in [0.25, 0.3) is 0 Å². The van der Waals surface area contributed by atoms with E-state index in [4.69, 9.17) is 9.47 Å². The van der Waals surface area contributed by atoms with Crippen LogP contribution in [0.3, 0.4) is 0 Å². The molecule has 4 heterocycles. The first kappa shape index (κ1) is 25.9. The summed E-state index contributed by atoms with van der Waals surface area (Å²) in [6.07, 6.45) is 1.97. The van der Waals surface area contributed by atoms with E-state index in [0.29, 0.717) is 31.1 Å². The number of alkyl halides is 3. The number of nitrogens with zero attached hydrogens (tertiary/aromatic N) is 2. The van der Waals surface area contributed by atoms with Gasteiger partial charge < -0.3 is 19.8 Å². The SMILES string of the molecule is O=C(CN1CCc2ccc(C(F)(F)F)cc2C1)NC1CN(C2CCOCC2)C[C@@H]1OC1CCc2cc[nH]c21. The normalized spacial score (nSPS) is 26.9. The molecule has 3 aliphatic heterocycles. The lowest BCUT2D eigenvalue weighted by atomic mass is 9.97. The summed E-state index contributed by atoms with van der Waals surface area (Å²) in [6.45, 7) is 4.13. The monoisotopic (exact) mass is 532 g/mol. The highest BCUT2D eigenvalue weighted by Gasteiger charge is 2.41. The van der Waals surface area contributed by atoms with Crippen molar-refractivity contribution in [1.29, 1.82) is 0 Å². The van der Waals surface area contributed by atoms with Gasteiger partial charge in [0.15, 0.2) is 0 Å². The van der Waals surface area contributed by atoms with Crippen LogP contribution >= 0.6 is 0 Å². The molecule has 0 radical (unpaired) electrons. The molecule has 2 fully saturated rings. The molecule has 2 saturated heterocycles. The van der Waals surface area contributed by atoms with E-state index < -0.39 is 11.7 Å². The zero-order chi connectivity index (χ0) is 26.3. The van der Waals surface area contributed by atoms with Crippen LogP contribution in [0.1, 0.15) is 53.3 Å². The number of ether oxygens (including phenoxy) is 2. The zero-order valence-corrected chi connectivity index (χ0v) is 21.4. The lowest BCUT2D eigenvalue weighted by molar-refractivity contribution is -0.137. The Morgan fingerprint density at radius 2 is 1.92 bits per heavy atom. The summed E-state index contributed by atoms with van der Waals surface area (Å²) < 4.78 is 51.8. The fourth-order valence-electron chi connectivity index (χ4n) is 6.52. The molecule has 7 nitrogen and oxygen atoms in total. The van der Waals surface area contributed by atoms with Crippen LogP contribution in [0.4, 0.5) is 13.2 Å². The number of nitrogens with one attached hydrogen (secondary N) is 2. The molecule has 10 heteroatoms. The van der Waals surface area contributed by atoms with Gasteiger partial charge in [0.1, 0.15) is 0 Å². The van der Waals surface area contributed by atoms with Crippen molar-refractivity contribution in [3.8, 4) is 0 Å². The van der Waals surface area contributed by atoms with Crippen molar-refractivity contribution in [2.75, 3.05) is 39.4 Å². The number of aromatic amines is 1. The third kappa shape index (κ3) is 5.50. The molecule has 1 aliphatic carbocycles. The van der Waals surface area contributed by atoms with Gasteiger partial charge in [0, 0.05) is 57.3 Å². The summed E-state index contributed by atoms with van der Waals surface area (Å²) in [7, 11) is 0. The molecular formula is C28H35F3N4O3. The third-order valence-electron chi connectivity index (χ3n) is 8.55. The van der Waals surface area contributed by atoms with Crippen LogP contribution in [0.5, 0.6) is 0 Å². The predicted molar refractivity (Wildman–Crippen MR) is 134 cm³/mol. The van der Waals surface area contributed by atoms with Gasteiger partial charge in [-0.1, -0.05) is 6.07 Å². The summed E-state index contributed by atoms with van der Waals surface area (Å²) in [4.78, 5) is 20.9. The largest absolute Gasteiger partial charge is 0.416 e. The van der Waals surface area contributed by atoms with Crippen LogP contribution in [0.2, 0.25) is 0 Å². The maximum absolute atomic E-state index is 13.2. The third-order valence-corrected chi connectivity index (χ3v) is 8.55. The number of aryl methyl sites for hydroxylation is 1. The summed E-state index contributed by atoms with van der Waals surface area (Å²) in [5, 5.41) is 3.23. The number of amides is 1. The molecule has 2 N–H and O–H groups in total. The molecular weight excluding hydrogens is 497 g/mol. The minimum absolute atomic E-state index is 0.000431. The van der Waals surface area contributed by atoms with Crippen LogP contribution in [0.25, 0.3) is 0 Å². The average molecular weight is 533 g/mol. The Balaban J connectivity index is 1.10. The van der Waals surface area contributed by atoms with E-state index in [-0.39, 0.29) is 30.7 Å². The van der Waals surface area contributed by atoms with Crippen molar-refractivity contribution < 1.29 is 27.4 Å². The Morgan fingerprint density at radius 3 is 2.74 bits per heavy atom. The second-order valence-electron chi connectivity index (χ2n) is 11.0. The van der Waals surface area contributed by atoms with Gasteiger partial charge in [-0.2, -0.15) is 13.2 Å². The topological polar surface area (TPSA) is 69.8 Å². The number of carbonyl (C=O) groups excluding carboxylic acids is 1. The van der Waals surface area contributed by atoms with Gasteiger partial charge in [-0.25, -0.2) is 0 Å². The molecule has 1 amide bonds. The van der Waals surface area contributed by atoms with Crippen LogP contribution in [0, 0.1) is 0 Å². The Morgan fingerprint density at radius 1 is 1.08 bits per heavy atom. The first-order valence-electron chi connectivity index (χ1n) is 13.7. The average Bonchev–Trinajstić information content (AvgIpc) is 3.62. The smallest absolute Gasteiger partial charge is 0.381 e. The number of fused-ring (bicyclic) bond motifs is 2. The molecule has 6 rings (SSSR count). The van der Waals surface area contributed by atoms with Gasteiger partial charge in [-0.05, 0) is 67.0 Å². The van der Waals surface area contributed by atoms with Gasteiger partial charge in [0.2, 0.25) is 5.91 Å². The number of aromatic nitrogens is 1. The van der Waals surface area contributed by atoms with Crippen molar-refractivity contribution in [2.45, 2.75) is 69.1 Å². The van der Waals surface area contributed by atoms with Gasteiger partial charge in [-0.3, -0.25) is 14.6 Å². The molecule has 0 spiro atoms. The highest BCUT2D eigenvalue weighted by molar-refractivity contribution is 5.78. The van der Waals surface area contributed by atoms with Crippen LogP contribution in [-0.4, -0.2) is 78.3 Å². The Kier molecular flexibility index (Phi) is 7.24. The maximum atomic E-state index is 13.2. The van der Waals surface area contributed by atoms with E-state index in [1.165, 1.54) is 11.6 Å². The molecule has 38 heavy (non-hydrogen) atoms. The number of H-pyrrole nitrogens is 1. The minimum Gasteiger partial charge on any atom is -0.381 e. The second kappa shape index (κ2) is 10.6. The predicted octanol–water partition coefficient (Wildman–Crippen LogP) is 3.44. The van der Waals surface area contributed by atoms with Gasteiger partial charge in [-0.15, -0.1) is 0 Å². The summed E-state index contributed by atoms with van der Waals surface area (Å²) in [5.74, 6) is -0.111. The molecule has 2 aromatic rings. The standard InChI is InChI=1S/C28H35F3N4O3/c29-28(30,31)21-3-1-18-6-10-34(14-20(18)13-21)17-26(36)33-23-15-35(22-7-11-37-12-8-22)16-25(23)38-24-4-2-19-5-9-32-27(19)24/h1,3,5,9,13,22-25,32H,2,4,6-8,10-12,14-17H2,(H,33,36)/t23?,24?,25-/m0/s1. The van der Waals surface area contributed by atoms with Crippen LogP contribution < -0.4 is 5.32 Å². The Bertz CT molecular complexity index is 1150. The maximum Gasteiger partial charge on any atom is 0.416 e. The lowest BCUT2D eigenvalue weighted by Gasteiger charge is -2.31. The number of carbonyl (C=O) groups is 1. The van der Waals surface area contributed by atoms with Crippen molar-refractivity contribution >= 4 is 5.91 Å². The van der Waals surface area contributed by atoms with E-state index in [1.807, 2.05) is 11.1 Å². The second-order valence-corrected chi connectivity index (χ2v) is 11.0. The van der Waals surface area contributed by atoms with E-state index in [9.17, 15) is 18.0 Å². The number of halogens is 3. The van der Waals surface area contributed by atoms with Crippen molar-refractivity contribution in [3.63, 3.8) is 0 Å². The summed E-state index contributed by atoms with van der Waals surface area (Å²) >= 11 is 0. The van der Waals surface area contributed by atoms with Crippen LogP contribution in [-0.2, 0) is 39.8 Å². The first-order chi connectivity index (χ1) is 18.3. The molecule has 2 unspecified atom stereocenters. The summed E-state index contributed by atoms with van der Waals surface area (Å²) in [6, 6.07) is 6.32. The quantitative estimate of drug-likeness (QED) is 0.597. The Hall–Kier alpha value is -2.40. The van der Waals surface area contributed by atoms with Gasteiger partial charge >= 0.3 is 6.18 Å². The highest BCUT2D eigenvalue weighted by atomic mass is 19.4. The van der Waals surface area contributed by atoms with Crippen molar-refractivity contribution in [2.24, 2.45) is 0 Å². The van der Waals surface area contributed by atoms with Gasteiger partial charge in [0.05, 0.1) is 30.4 Å². The molecule has 1 aromatic heterocycles. The molecule has 3 atom stereocenters. The minimum atomic E-state index is -4.37. The molecule has 0 bridgehead atoms. The van der Waals surface area contributed by atoms with E-state index in [1.54, 1.807) is 6.07 Å². The molecule has 4 aliphatic rings. The lowest BCUT2D eigenvalue weighted by Crippen LogP contribution is -2.48. The van der Waals surface area contributed by atoms with E-state index in [0.717, 1.165) is 69.3 Å².